The maximum absolute atomic E-state index is 12.4. The highest BCUT2D eigenvalue weighted by atomic mass is 32.2. The molecule has 1 aliphatic rings. The number of nitrogens with zero attached hydrogens (tertiary/aromatic N) is 1. The van der Waals surface area contributed by atoms with Crippen molar-refractivity contribution >= 4 is 10.0 Å². The lowest BCUT2D eigenvalue weighted by Crippen LogP contribution is -2.43. The van der Waals surface area contributed by atoms with Gasteiger partial charge in [-0.3, -0.25) is 4.98 Å². The van der Waals surface area contributed by atoms with Gasteiger partial charge in [0.05, 0.1) is 0 Å². The van der Waals surface area contributed by atoms with Crippen LogP contribution in [-0.4, -0.2) is 31.2 Å². The maximum Gasteiger partial charge on any atom is 0.433 e. The second-order valence-corrected chi connectivity index (χ2v) is 7.05. The summed E-state index contributed by atoms with van der Waals surface area (Å²) >= 11 is 0. The van der Waals surface area contributed by atoms with Gasteiger partial charge in [-0.2, -0.15) is 13.2 Å². The van der Waals surface area contributed by atoms with Crippen molar-refractivity contribution in [1.82, 2.24) is 9.71 Å². The van der Waals surface area contributed by atoms with Crippen LogP contribution in [0.5, 0.6) is 0 Å². The highest BCUT2D eigenvalue weighted by Gasteiger charge is 2.33. The first kappa shape index (κ1) is 17.2. The number of aliphatic hydroxyl groups excluding tert-OH is 1. The third kappa shape index (κ3) is 3.96. The SMILES string of the molecule is O=S(=O)(N[C@@H]1CCCC[C@H]1CO)c1ccc(C(F)(F)F)nc1. The number of nitrogens with one attached hydrogen (secondary N) is 1. The minimum atomic E-state index is -4.61. The summed E-state index contributed by atoms with van der Waals surface area (Å²) in [7, 11) is -3.96. The lowest BCUT2D eigenvalue weighted by molar-refractivity contribution is -0.141. The Morgan fingerprint density at radius 3 is 2.50 bits per heavy atom. The Hall–Kier alpha value is -1.19. The minimum Gasteiger partial charge on any atom is -0.396 e. The molecule has 2 rings (SSSR count). The highest BCUT2D eigenvalue weighted by Crippen LogP contribution is 2.28. The molecule has 0 unspecified atom stereocenters. The average Bonchev–Trinajstić information content (AvgIpc) is 2.47. The topological polar surface area (TPSA) is 79.3 Å². The van der Waals surface area contributed by atoms with Gasteiger partial charge < -0.3 is 5.11 Å². The molecule has 0 bridgehead atoms. The zero-order valence-corrected chi connectivity index (χ0v) is 12.5. The van der Waals surface area contributed by atoms with Gasteiger partial charge in [-0.05, 0) is 30.9 Å². The summed E-state index contributed by atoms with van der Waals surface area (Å²) in [4.78, 5) is 2.84. The van der Waals surface area contributed by atoms with Gasteiger partial charge in [0.1, 0.15) is 10.6 Å². The van der Waals surface area contributed by atoms with E-state index in [-0.39, 0.29) is 17.4 Å². The Balaban J connectivity index is 2.16. The van der Waals surface area contributed by atoms with Gasteiger partial charge in [0.2, 0.25) is 10.0 Å². The fourth-order valence-electron chi connectivity index (χ4n) is 2.56. The molecule has 0 aliphatic heterocycles. The molecule has 0 spiro atoms. The van der Waals surface area contributed by atoms with Gasteiger partial charge in [0, 0.05) is 18.8 Å². The van der Waals surface area contributed by atoms with E-state index >= 15 is 0 Å². The molecule has 2 atom stereocenters. The Morgan fingerprint density at radius 2 is 1.95 bits per heavy atom. The van der Waals surface area contributed by atoms with E-state index in [0.29, 0.717) is 18.7 Å². The van der Waals surface area contributed by atoms with Gasteiger partial charge in [-0.15, -0.1) is 0 Å². The van der Waals surface area contributed by atoms with Crippen LogP contribution in [0.4, 0.5) is 13.2 Å². The second-order valence-electron chi connectivity index (χ2n) is 5.33. The standard InChI is InChI=1S/C13H17F3N2O3S/c14-13(15,16)12-6-5-10(7-17-12)22(20,21)18-11-4-2-1-3-9(11)8-19/h5-7,9,11,18-19H,1-4,8H2/t9-,11+/m0/s1. The molecular weight excluding hydrogens is 321 g/mol. The number of pyridine rings is 1. The van der Waals surface area contributed by atoms with E-state index < -0.39 is 27.9 Å². The molecule has 9 heteroatoms. The molecule has 5 nitrogen and oxygen atoms in total. The Morgan fingerprint density at radius 1 is 1.27 bits per heavy atom. The van der Waals surface area contributed by atoms with E-state index in [1.165, 1.54) is 0 Å². The minimum absolute atomic E-state index is 0.127. The zero-order chi connectivity index (χ0) is 16.4. The predicted molar refractivity (Wildman–Crippen MR) is 72.4 cm³/mol. The van der Waals surface area contributed by atoms with E-state index in [2.05, 4.69) is 9.71 Å². The largest absolute Gasteiger partial charge is 0.433 e. The van der Waals surface area contributed by atoms with Crippen LogP contribution in [0.25, 0.3) is 0 Å². The first-order valence-electron chi connectivity index (χ1n) is 6.90. The summed E-state index contributed by atoms with van der Waals surface area (Å²) in [6.45, 7) is -0.127. The number of hydrogen-bond donors (Lipinski definition) is 2. The highest BCUT2D eigenvalue weighted by molar-refractivity contribution is 7.89. The summed E-state index contributed by atoms with van der Waals surface area (Å²) in [5, 5.41) is 9.28. The van der Waals surface area contributed by atoms with Gasteiger partial charge >= 0.3 is 6.18 Å². The van der Waals surface area contributed by atoms with Gasteiger partial charge in [0.25, 0.3) is 0 Å². The number of hydrogen-bond acceptors (Lipinski definition) is 4. The number of halogens is 3. The van der Waals surface area contributed by atoms with Crippen molar-refractivity contribution in [1.29, 1.82) is 0 Å². The molecule has 0 amide bonds. The fraction of sp³-hybridized carbons (Fsp3) is 0.615. The molecule has 22 heavy (non-hydrogen) atoms. The fourth-order valence-corrected chi connectivity index (χ4v) is 3.84. The summed E-state index contributed by atoms with van der Waals surface area (Å²) in [6, 6.07) is 1.11. The number of aromatic nitrogens is 1. The van der Waals surface area contributed by atoms with Crippen molar-refractivity contribution in [2.45, 2.75) is 42.8 Å². The van der Waals surface area contributed by atoms with Crippen LogP contribution in [0, 0.1) is 5.92 Å². The first-order valence-corrected chi connectivity index (χ1v) is 8.39. The quantitative estimate of drug-likeness (QED) is 0.879. The normalized spacial score (nSPS) is 23.5. The molecule has 1 aromatic heterocycles. The predicted octanol–water partition coefficient (Wildman–Crippen LogP) is 1.93. The monoisotopic (exact) mass is 338 g/mol. The molecular formula is C13H17F3N2O3S. The lowest BCUT2D eigenvalue weighted by Gasteiger charge is -2.30. The van der Waals surface area contributed by atoms with Crippen LogP contribution in [-0.2, 0) is 16.2 Å². The second kappa shape index (κ2) is 6.51. The Labute approximate surface area is 126 Å². The maximum atomic E-state index is 12.4. The Kier molecular flexibility index (Phi) is 5.08. The summed E-state index contributed by atoms with van der Waals surface area (Å²) < 4.78 is 64.2. The van der Waals surface area contributed by atoms with Crippen LogP contribution in [0.2, 0.25) is 0 Å². The summed E-state index contributed by atoms with van der Waals surface area (Å²) in [5.74, 6) is -0.175. The molecule has 0 aromatic carbocycles. The van der Waals surface area contributed by atoms with E-state index in [0.717, 1.165) is 25.3 Å². The van der Waals surface area contributed by atoms with E-state index in [1.54, 1.807) is 0 Å². The molecule has 1 saturated carbocycles. The van der Waals surface area contributed by atoms with E-state index in [9.17, 15) is 26.7 Å². The first-order chi connectivity index (χ1) is 10.2. The van der Waals surface area contributed by atoms with Crippen LogP contribution < -0.4 is 4.72 Å². The molecule has 1 heterocycles. The van der Waals surface area contributed by atoms with Crippen molar-refractivity contribution in [2.75, 3.05) is 6.61 Å². The number of alkyl halides is 3. The Bertz CT molecular complexity index is 602. The molecule has 0 radical (unpaired) electrons. The summed E-state index contributed by atoms with van der Waals surface area (Å²) in [6.07, 6.45) is -0.837. The van der Waals surface area contributed by atoms with Gasteiger partial charge in [-0.1, -0.05) is 12.8 Å². The van der Waals surface area contributed by atoms with Crippen LogP contribution in [0.1, 0.15) is 31.4 Å². The molecule has 1 fully saturated rings. The van der Waals surface area contributed by atoms with Gasteiger partial charge in [-0.25, -0.2) is 13.1 Å². The van der Waals surface area contributed by atoms with E-state index in [1.807, 2.05) is 0 Å². The number of rotatable bonds is 4. The molecule has 0 saturated heterocycles. The van der Waals surface area contributed by atoms with Crippen molar-refractivity contribution < 1.29 is 26.7 Å². The van der Waals surface area contributed by atoms with Crippen molar-refractivity contribution in [3.8, 4) is 0 Å². The molecule has 1 aliphatic carbocycles. The molecule has 1 aromatic rings. The average molecular weight is 338 g/mol. The number of aliphatic hydroxyl groups is 1. The van der Waals surface area contributed by atoms with E-state index in [4.69, 9.17) is 0 Å². The lowest BCUT2D eigenvalue weighted by atomic mass is 9.86. The third-order valence-corrected chi connectivity index (χ3v) is 5.26. The third-order valence-electron chi connectivity index (χ3n) is 3.79. The van der Waals surface area contributed by atoms with Crippen LogP contribution in [0.15, 0.2) is 23.2 Å². The van der Waals surface area contributed by atoms with Crippen molar-refractivity contribution in [3.05, 3.63) is 24.0 Å². The van der Waals surface area contributed by atoms with Crippen molar-refractivity contribution in [2.24, 2.45) is 5.92 Å². The summed E-state index contributed by atoms with van der Waals surface area (Å²) in [5.41, 5.74) is -1.14. The smallest absolute Gasteiger partial charge is 0.396 e. The van der Waals surface area contributed by atoms with Crippen LogP contribution in [0.3, 0.4) is 0 Å². The zero-order valence-electron chi connectivity index (χ0n) is 11.7. The number of sulfonamides is 1. The molecule has 124 valence electrons. The molecule has 2 N–H and O–H groups in total. The van der Waals surface area contributed by atoms with Crippen LogP contribution >= 0.6 is 0 Å². The van der Waals surface area contributed by atoms with Gasteiger partial charge in [0.15, 0.2) is 0 Å². The van der Waals surface area contributed by atoms with Crippen molar-refractivity contribution in [3.63, 3.8) is 0 Å².